The van der Waals surface area contributed by atoms with Crippen LogP contribution < -0.4 is 0 Å². The van der Waals surface area contributed by atoms with Crippen molar-refractivity contribution in [1.82, 2.24) is 9.55 Å². The van der Waals surface area contributed by atoms with Crippen molar-refractivity contribution in [2.24, 2.45) is 0 Å². The summed E-state index contributed by atoms with van der Waals surface area (Å²) in [6.45, 7) is 5.21. The van der Waals surface area contributed by atoms with Gasteiger partial charge in [0.25, 0.3) is 0 Å². The molecule has 0 saturated heterocycles. The number of hydrogen-bond donors (Lipinski definition) is 0. The molecule has 4 heteroatoms. The van der Waals surface area contributed by atoms with Crippen molar-refractivity contribution in [2.75, 3.05) is 6.61 Å². The number of rotatable bonds is 4. The van der Waals surface area contributed by atoms with E-state index in [0.29, 0.717) is 6.61 Å². The average Bonchev–Trinajstić information content (AvgIpc) is 3.12. The zero-order valence-corrected chi connectivity index (χ0v) is 12.8. The number of esters is 1. The summed E-state index contributed by atoms with van der Waals surface area (Å²) in [5, 5.41) is 0. The number of aromatic nitrogens is 2. The molecule has 1 aromatic carbocycles. The molecule has 0 bridgehead atoms. The number of ether oxygens (including phenoxy) is 1. The Hall–Kier alpha value is -1.84. The van der Waals surface area contributed by atoms with Crippen LogP contribution in [0.25, 0.3) is 11.0 Å². The number of hydrogen-bond acceptors (Lipinski definition) is 3. The molecule has 0 unspecified atom stereocenters. The largest absolute Gasteiger partial charge is 0.465 e. The normalized spacial score (nSPS) is 17.2. The van der Waals surface area contributed by atoms with Crippen molar-refractivity contribution >= 4 is 17.0 Å². The van der Waals surface area contributed by atoms with Crippen LogP contribution in [0.5, 0.6) is 0 Å². The number of carbonyl (C=O) groups is 1. The first-order valence-electron chi connectivity index (χ1n) is 7.86. The van der Waals surface area contributed by atoms with Crippen molar-refractivity contribution in [3.8, 4) is 0 Å². The molecule has 0 amide bonds. The lowest BCUT2D eigenvalue weighted by Crippen LogP contribution is -2.37. The molecule has 0 radical (unpaired) electrons. The lowest BCUT2D eigenvalue weighted by Gasteiger charge is -2.26. The van der Waals surface area contributed by atoms with Crippen LogP contribution in [0.1, 0.15) is 45.4 Å². The Morgan fingerprint density at radius 3 is 2.67 bits per heavy atom. The molecule has 1 saturated carbocycles. The summed E-state index contributed by atoms with van der Waals surface area (Å²) in [5.41, 5.74) is 1.51. The summed E-state index contributed by atoms with van der Waals surface area (Å²) in [5.74, 6) is 0.787. The Kier molecular flexibility index (Phi) is 3.70. The predicted octanol–water partition coefficient (Wildman–Crippen LogP) is 3.43. The monoisotopic (exact) mass is 286 g/mol. The maximum atomic E-state index is 12.6. The van der Waals surface area contributed by atoms with Gasteiger partial charge in [-0.25, -0.2) is 4.98 Å². The third kappa shape index (κ3) is 2.13. The number of imidazole rings is 1. The maximum absolute atomic E-state index is 12.6. The van der Waals surface area contributed by atoms with Gasteiger partial charge in [0.15, 0.2) is 0 Å². The van der Waals surface area contributed by atoms with Crippen LogP contribution in [0.2, 0.25) is 0 Å². The zero-order valence-electron chi connectivity index (χ0n) is 12.8. The molecule has 1 aliphatic carbocycles. The van der Waals surface area contributed by atoms with Gasteiger partial charge in [0.2, 0.25) is 0 Å². The van der Waals surface area contributed by atoms with Gasteiger partial charge in [-0.3, -0.25) is 4.79 Å². The Morgan fingerprint density at radius 1 is 1.29 bits per heavy atom. The minimum atomic E-state index is -0.551. The Morgan fingerprint density at radius 2 is 2.00 bits per heavy atom. The predicted molar refractivity (Wildman–Crippen MR) is 82.2 cm³/mol. The molecule has 4 nitrogen and oxygen atoms in total. The first kappa shape index (κ1) is 14.1. The highest BCUT2D eigenvalue weighted by atomic mass is 16.5. The standard InChI is InChI=1S/C17H22N2O2/c1-3-19-14-10-6-5-9-13(14)18-15(19)17(11-7-8-12-17)16(20)21-4-2/h5-6,9-10H,3-4,7-8,11-12H2,1-2H3. The van der Waals surface area contributed by atoms with E-state index in [-0.39, 0.29) is 5.97 Å². The summed E-state index contributed by atoms with van der Waals surface area (Å²) in [6, 6.07) is 8.10. The highest BCUT2D eigenvalue weighted by Crippen LogP contribution is 2.42. The molecule has 1 aromatic heterocycles. The molecule has 3 rings (SSSR count). The number of benzene rings is 1. The Bertz CT molecular complexity index is 654. The fourth-order valence-corrected chi connectivity index (χ4v) is 3.53. The lowest BCUT2D eigenvalue weighted by molar-refractivity contribution is -0.150. The third-order valence-corrected chi connectivity index (χ3v) is 4.52. The van der Waals surface area contributed by atoms with Crippen LogP contribution >= 0.6 is 0 Å². The number of carbonyl (C=O) groups excluding carboxylic acids is 1. The molecular weight excluding hydrogens is 264 g/mol. The van der Waals surface area contributed by atoms with Crippen LogP contribution in [-0.2, 0) is 21.5 Å². The molecule has 21 heavy (non-hydrogen) atoms. The second-order valence-corrected chi connectivity index (χ2v) is 5.68. The fourth-order valence-electron chi connectivity index (χ4n) is 3.53. The van der Waals surface area contributed by atoms with Crippen molar-refractivity contribution in [3.63, 3.8) is 0 Å². The maximum Gasteiger partial charge on any atom is 0.319 e. The molecule has 1 fully saturated rings. The molecule has 0 N–H and O–H groups in total. The molecule has 112 valence electrons. The van der Waals surface area contributed by atoms with E-state index in [1.54, 1.807) is 0 Å². The fraction of sp³-hybridized carbons (Fsp3) is 0.529. The number of nitrogens with zero attached hydrogens (tertiary/aromatic N) is 2. The van der Waals surface area contributed by atoms with Gasteiger partial charge >= 0.3 is 5.97 Å². The van der Waals surface area contributed by atoms with Crippen LogP contribution in [0, 0.1) is 0 Å². The summed E-state index contributed by atoms with van der Waals surface area (Å²) < 4.78 is 7.56. The first-order chi connectivity index (χ1) is 10.2. The van der Waals surface area contributed by atoms with Gasteiger partial charge in [-0.15, -0.1) is 0 Å². The van der Waals surface area contributed by atoms with Gasteiger partial charge in [0.05, 0.1) is 17.6 Å². The van der Waals surface area contributed by atoms with Crippen LogP contribution in [-0.4, -0.2) is 22.1 Å². The number of aryl methyl sites for hydroxylation is 1. The van der Waals surface area contributed by atoms with Crippen molar-refractivity contribution in [2.45, 2.75) is 51.5 Å². The van der Waals surface area contributed by atoms with Gasteiger partial charge in [-0.1, -0.05) is 25.0 Å². The Balaban J connectivity index is 2.18. The molecular formula is C17H22N2O2. The lowest BCUT2D eigenvalue weighted by atomic mass is 9.85. The summed E-state index contributed by atoms with van der Waals surface area (Å²) in [4.78, 5) is 17.4. The topological polar surface area (TPSA) is 44.1 Å². The molecule has 1 heterocycles. The summed E-state index contributed by atoms with van der Waals surface area (Å²) >= 11 is 0. The highest BCUT2D eigenvalue weighted by molar-refractivity contribution is 5.85. The van der Waals surface area contributed by atoms with E-state index in [1.807, 2.05) is 25.1 Å². The van der Waals surface area contributed by atoms with E-state index in [2.05, 4.69) is 17.6 Å². The quantitative estimate of drug-likeness (QED) is 0.809. The molecule has 1 aliphatic rings. The van der Waals surface area contributed by atoms with E-state index < -0.39 is 5.41 Å². The zero-order chi connectivity index (χ0) is 14.9. The third-order valence-electron chi connectivity index (χ3n) is 4.52. The van der Waals surface area contributed by atoms with E-state index in [1.165, 1.54) is 0 Å². The van der Waals surface area contributed by atoms with Crippen molar-refractivity contribution < 1.29 is 9.53 Å². The van der Waals surface area contributed by atoms with Crippen LogP contribution in [0.4, 0.5) is 0 Å². The van der Waals surface area contributed by atoms with Gasteiger partial charge in [-0.2, -0.15) is 0 Å². The second kappa shape index (κ2) is 5.51. The van der Waals surface area contributed by atoms with Crippen molar-refractivity contribution in [1.29, 1.82) is 0 Å². The van der Waals surface area contributed by atoms with Crippen LogP contribution in [0.15, 0.2) is 24.3 Å². The summed E-state index contributed by atoms with van der Waals surface area (Å²) in [6.07, 6.45) is 3.81. The minimum absolute atomic E-state index is 0.104. The van der Waals surface area contributed by atoms with Gasteiger partial charge in [0, 0.05) is 6.54 Å². The highest BCUT2D eigenvalue weighted by Gasteiger charge is 2.47. The molecule has 2 aromatic rings. The average molecular weight is 286 g/mol. The molecule has 0 atom stereocenters. The summed E-state index contributed by atoms with van der Waals surface area (Å²) in [7, 11) is 0. The van der Waals surface area contributed by atoms with Gasteiger partial charge in [0.1, 0.15) is 11.2 Å². The van der Waals surface area contributed by atoms with Gasteiger partial charge < -0.3 is 9.30 Å². The number of fused-ring (bicyclic) bond motifs is 1. The first-order valence-corrected chi connectivity index (χ1v) is 7.86. The minimum Gasteiger partial charge on any atom is -0.465 e. The van der Waals surface area contributed by atoms with Crippen molar-refractivity contribution in [3.05, 3.63) is 30.1 Å². The SMILES string of the molecule is CCOC(=O)C1(c2nc3ccccc3n2CC)CCCC1. The van der Waals surface area contributed by atoms with Gasteiger partial charge in [-0.05, 0) is 38.8 Å². The van der Waals surface area contributed by atoms with Crippen LogP contribution in [0.3, 0.4) is 0 Å². The van der Waals surface area contributed by atoms with E-state index in [9.17, 15) is 4.79 Å². The second-order valence-electron chi connectivity index (χ2n) is 5.68. The smallest absolute Gasteiger partial charge is 0.319 e. The molecule has 0 aliphatic heterocycles. The Labute approximate surface area is 125 Å². The molecule has 0 spiro atoms. The number of para-hydroxylation sites is 2. The van der Waals surface area contributed by atoms with E-state index in [0.717, 1.165) is 49.1 Å². The van der Waals surface area contributed by atoms with E-state index in [4.69, 9.17) is 9.72 Å². The van der Waals surface area contributed by atoms with E-state index >= 15 is 0 Å².